The molecule has 3 rings (SSSR count). The van der Waals surface area contributed by atoms with E-state index in [9.17, 15) is 5.26 Å². The summed E-state index contributed by atoms with van der Waals surface area (Å²) in [5.74, 6) is 0.607. The number of fused-ring (bicyclic) bond motifs is 1. The second kappa shape index (κ2) is 5.81. The van der Waals surface area contributed by atoms with E-state index in [4.69, 9.17) is 4.74 Å². The summed E-state index contributed by atoms with van der Waals surface area (Å²) in [6.45, 7) is 3.81. The van der Waals surface area contributed by atoms with Crippen LogP contribution in [0.25, 0.3) is 11.0 Å². The van der Waals surface area contributed by atoms with Gasteiger partial charge in [0, 0.05) is 11.0 Å². The lowest BCUT2D eigenvalue weighted by Crippen LogP contribution is -2.25. The fourth-order valence-corrected chi connectivity index (χ4v) is 3.07. The molecule has 0 spiro atoms. The maximum atomic E-state index is 9.33. The zero-order chi connectivity index (χ0) is 13.9. The molecular formula is C14H15BrN4O. The molecule has 1 N–H and O–H groups in total. The minimum Gasteiger partial charge on any atom is -0.491 e. The van der Waals surface area contributed by atoms with E-state index in [1.807, 2.05) is 6.07 Å². The first-order valence-corrected chi connectivity index (χ1v) is 7.49. The Kier molecular flexibility index (Phi) is 3.90. The van der Waals surface area contributed by atoms with Crippen molar-refractivity contribution in [3.63, 3.8) is 0 Å². The summed E-state index contributed by atoms with van der Waals surface area (Å²) in [5.41, 5.74) is 1.99. The van der Waals surface area contributed by atoms with Gasteiger partial charge in [-0.1, -0.05) is 0 Å². The highest BCUT2D eigenvalue weighted by Crippen LogP contribution is 2.31. The number of H-pyrrole nitrogens is 1. The predicted octanol–water partition coefficient (Wildman–Crippen LogP) is 2.67. The average Bonchev–Trinajstić information content (AvgIpc) is 3.09. The summed E-state index contributed by atoms with van der Waals surface area (Å²) in [5, 5.41) is 9.33. The van der Waals surface area contributed by atoms with Crippen molar-refractivity contribution in [2.75, 3.05) is 26.2 Å². The lowest BCUT2D eigenvalue weighted by Gasteiger charge is -2.15. The van der Waals surface area contributed by atoms with Gasteiger partial charge in [-0.15, -0.1) is 0 Å². The van der Waals surface area contributed by atoms with Gasteiger partial charge in [0.2, 0.25) is 0 Å². The van der Waals surface area contributed by atoms with Crippen LogP contribution < -0.4 is 4.74 Å². The summed E-state index contributed by atoms with van der Waals surface area (Å²) >= 11 is 3.47. The third-order valence-corrected chi connectivity index (χ3v) is 4.20. The number of benzene rings is 1. The topological polar surface area (TPSA) is 64.9 Å². The Balaban J connectivity index is 1.78. The molecule has 20 heavy (non-hydrogen) atoms. The van der Waals surface area contributed by atoms with Crippen LogP contribution >= 0.6 is 15.9 Å². The number of likely N-dealkylation sites (tertiary alicyclic amines) is 1. The standard InChI is InChI=1S/C14H15BrN4O/c15-11-7-12(20-6-5-19-3-1-2-4-19)10(8-16)13-14(11)18-9-17-13/h7,9H,1-6H2,(H,17,18). The number of aromatic amines is 1. The second-order valence-corrected chi connectivity index (χ2v) is 5.72. The third-order valence-electron chi connectivity index (χ3n) is 3.60. The molecule has 1 aromatic carbocycles. The Morgan fingerprint density at radius 2 is 2.25 bits per heavy atom. The van der Waals surface area contributed by atoms with Crippen LogP contribution in [0.2, 0.25) is 0 Å². The number of imidazole rings is 1. The van der Waals surface area contributed by atoms with Crippen LogP contribution in [-0.2, 0) is 0 Å². The van der Waals surface area contributed by atoms with Gasteiger partial charge in [-0.2, -0.15) is 5.26 Å². The van der Waals surface area contributed by atoms with Crippen molar-refractivity contribution in [1.82, 2.24) is 14.9 Å². The SMILES string of the molecule is N#Cc1c(OCCN2CCCC2)cc(Br)c2nc[nH]c12. The summed E-state index contributed by atoms with van der Waals surface area (Å²) in [4.78, 5) is 9.58. The first-order chi connectivity index (χ1) is 9.79. The van der Waals surface area contributed by atoms with Gasteiger partial charge in [0.1, 0.15) is 29.5 Å². The van der Waals surface area contributed by atoms with Gasteiger partial charge in [0.25, 0.3) is 0 Å². The Labute approximate surface area is 125 Å². The molecule has 0 radical (unpaired) electrons. The highest BCUT2D eigenvalue weighted by Gasteiger charge is 2.15. The zero-order valence-corrected chi connectivity index (χ0v) is 12.6. The van der Waals surface area contributed by atoms with Crippen LogP contribution in [0, 0.1) is 11.3 Å². The summed E-state index contributed by atoms with van der Waals surface area (Å²) in [7, 11) is 0. The molecule has 2 heterocycles. The minimum absolute atomic E-state index is 0.516. The number of hydrogen-bond donors (Lipinski definition) is 1. The van der Waals surface area contributed by atoms with E-state index in [0.717, 1.165) is 35.1 Å². The van der Waals surface area contributed by atoms with E-state index in [1.165, 1.54) is 12.8 Å². The normalized spacial score (nSPS) is 15.6. The molecule has 0 unspecified atom stereocenters. The smallest absolute Gasteiger partial charge is 0.140 e. The fraction of sp³-hybridized carbons (Fsp3) is 0.429. The molecule has 0 amide bonds. The first-order valence-electron chi connectivity index (χ1n) is 6.70. The van der Waals surface area contributed by atoms with Gasteiger partial charge in [-0.3, -0.25) is 4.90 Å². The molecule has 6 heteroatoms. The average molecular weight is 335 g/mol. The lowest BCUT2D eigenvalue weighted by molar-refractivity contribution is 0.237. The van der Waals surface area contributed by atoms with Gasteiger partial charge in [-0.05, 0) is 47.9 Å². The minimum atomic E-state index is 0.516. The maximum absolute atomic E-state index is 9.33. The third kappa shape index (κ3) is 2.51. The number of hydrogen-bond acceptors (Lipinski definition) is 4. The molecule has 5 nitrogen and oxygen atoms in total. The molecular weight excluding hydrogens is 320 g/mol. The molecule has 0 atom stereocenters. The molecule has 1 saturated heterocycles. The molecule has 1 aliphatic rings. The largest absolute Gasteiger partial charge is 0.491 e. The number of rotatable bonds is 4. The maximum Gasteiger partial charge on any atom is 0.140 e. The van der Waals surface area contributed by atoms with Crippen LogP contribution in [0.3, 0.4) is 0 Å². The van der Waals surface area contributed by atoms with Crippen molar-refractivity contribution in [3.8, 4) is 11.8 Å². The van der Waals surface area contributed by atoms with E-state index < -0.39 is 0 Å². The van der Waals surface area contributed by atoms with Crippen molar-refractivity contribution in [2.24, 2.45) is 0 Å². The van der Waals surface area contributed by atoms with Crippen LogP contribution in [0.5, 0.6) is 5.75 Å². The van der Waals surface area contributed by atoms with E-state index >= 15 is 0 Å². The van der Waals surface area contributed by atoms with E-state index in [1.54, 1.807) is 6.33 Å². The van der Waals surface area contributed by atoms with Crippen LogP contribution in [0.4, 0.5) is 0 Å². The Morgan fingerprint density at radius 1 is 1.45 bits per heavy atom. The molecule has 0 aliphatic carbocycles. The van der Waals surface area contributed by atoms with Gasteiger partial charge in [-0.25, -0.2) is 4.98 Å². The van der Waals surface area contributed by atoms with E-state index in [0.29, 0.717) is 17.9 Å². The summed E-state index contributed by atoms with van der Waals surface area (Å²) < 4.78 is 6.64. The molecule has 104 valence electrons. The van der Waals surface area contributed by atoms with Crippen molar-refractivity contribution < 1.29 is 4.74 Å². The number of halogens is 1. The molecule has 2 aromatic rings. The van der Waals surface area contributed by atoms with Gasteiger partial charge >= 0.3 is 0 Å². The Bertz CT molecular complexity index is 655. The van der Waals surface area contributed by atoms with Crippen molar-refractivity contribution in [3.05, 3.63) is 22.4 Å². The fourth-order valence-electron chi connectivity index (χ4n) is 2.56. The molecule has 0 bridgehead atoms. The number of nitrogens with zero attached hydrogens (tertiary/aromatic N) is 3. The first kappa shape index (κ1) is 13.4. The molecule has 0 saturated carbocycles. The highest BCUT2D eigenvalue weighted by molar-refractivity contribution is 9.10. The molecule has 1 aliphatic heterocycles. The van der Waals surface area contributed by atoms with Gasteiger partial charge in [0.15, 0.2) is 0 Å². The number of aromatic nitrogens is 2. The monoisotopic (exact) mass is 334 g/mol. The van der Waals surface area contributed by atoms with Crippen molar-refractivity contribution in [2.45, 2.75) is 12.8 Å². The second-order valence-electron chi connectivity index (χ2n) is 4.87. The zero-order valence-electron chi connectivity index (χ0n) is 11.0. The lowest BCUT2D eigenvalue weighted by atomic mass is 10.2. The summed E-state index contributed by atoms with van der Waals surface area (Å²) in [6, 6.07) is 4.02. The Hall–Kier alpha value is -1.58. The Morgan fingerprint density at radius 3 is 3.00 bits per heavy atom. The van der Waals surface area contributed by atoms with Crippen molar-refractivity contribution in [1.29, 1.82) is 5.26 Å². The van der Waals surface area contributed by atoms with Crippen molar-refractivity contribution >= 4 is 27.0 Å². The number of ether oxygens (including phenoxy) is 1. The van der Waals surface area contributed by atoms with Crippen LogP contribution in [0.15, 0.2) is 16.9 Å². The van der Waals surface area contributed by atoms with Crippen LogP contribution in [0.1, 0.15) is 18.4 Å². The van der Waals surface area contributed by atoms with Gasteiger partial charge in [0.05, 0.1) is 11.8 Å². The highest BCUT2D eigenvalue weighted by atomic mass is 79.9. The van der Waals surface area contributed by atoms with E-state index in [2.05, 4.69) is 36.9 Å². The van der Waals surface area contributed by atoms with E-state index in [-0.39, 0.29) is 0 Å². The quantitative estimate of drug-likeness (QED) is 0.933. The molecule has 1 fully saturated rings. The molecule has 1 aromatic heterocycles. The predicted molar refractivity (Wildman–Crippen MR) is 79.7 cm³/mol. The number of nitrogens with one attached hydrogen (secondary N) is 1. The van der Waals surface area contributed by atoms with Crippen LogP contribution in [-0.4, -0.2) is 41.1 Å². The summed E-state index contributed by atoms with van der Waals surface area (Å²) in [6.07, 6.45) is 4.13. The van der Waals surface area contributed by atoms with Gasteiger partial charge < -0.3 is 9.72 Å². The number of nitriles is 1.